The molecule has 0 radical (unpaired) electrons. The third kappa shape index (κ3) is 2.20. The van der Waals surface area contributed by atoms with Gasteiger partial charge in [0, 0.05) is 17.7 Å². The van der Waals surface area contributed by atoms with Gasteiger partial charge in [-0.3, -0.25) is 0 Å². The number of nitrogens with two attached hydrogens (primary N) is 1. The Hall–Kier alpha value is -1.53. The van der Waals surface area contributed by atoms with Crippen LogP contribution in [0, 0.1) is 18.2 Å². The minimum Gasteiger partial charge on any atom is -0.398 e. The molecule has 1 unspecified atom stereocenters. The lowest BCUT2D eigenvalue weighted by atomic mass is 10.0. The maximum Gasteiger partial charge on any atom is 0.123 e. The molecular weight excluding hydrogens is 169 g/mol. The standard InChI is InChI=1S/C10H10FNO/c1-2-3-10(13)8-6-7(11)4-5-9(8)12/h1,4-6,10,13H,3,12H2. The SMILES string of the molecule is C#CCC(O)c1cc(F)ccc1N. The van der Waals surface area contributed by atoms with Crippen molar-refractivity contribution in [1.29, 1.82) is 0 Å². The van der Waals surface area contributed by atoms with Crippen LogP contribution in [0.4, 0.5) is 10.1 Å². The second-order valence-corrected chi connectivity index (χ2v) is 2.70. The van der Waals surface area contributed by atoms with Gasteiger partial charge >= 0.3 is 0 Å². The lowest BCUT2D eigenvalue weighted by Gasteiger charge is -2.10. The van der Waals surface area contributed by atoms with Gasteiger partial charge in [-0.25, -0.2) is 4.39 Å². The second-order valence-electron chi connectivity index (χ2n) is 2.70. The summed E-state index contributed by atoms with van der Waals surface area (Å²) < 4.78 is 12.7. The fourth-order valence-electron chi connectivity index (χ4n) is 1.06. The van der Waals surface area contributed by atoms with Crippen molar-refractivity contribution >= 4 is 5.69 Å². The van der Waals surface area contributed by atoms with Crippen LogP contribution >= 0.6 is 0 Å². The van der Waals surface area contributed by atoms with Crippen molar-refractivity contribution in [3.8, 4) is 12.3 Å². The van der Waals surface area contributed by atoms with Crippen LogP contribution in [0.2, 0.25) is 0 Å². The first kappa shape index (κ1) is 9.56. The van der Waals surface area contributed by atoms with Crippen LogP contribution in [-0.2, 0) is 0 Å². The zero-order chi connectivity index (χ0) is 9.84. The molecule has 2 nitrogen and oxygen atoms in total. The van der Waals surface area contributed by atoms with Gasteiger partial charge in [0.05, 0.1) is 6.10 Å². The summed E-state index contributed by atoms with van der Waals surface area (Å²) in [5, 5.41) is 9.44. The van der Waals surface area contributed by atoms with E-state index in [1.165, 1.54) is 18.2 Å². The normalized spacial score (nSPS) is 12.1. The number of aliphatic hydroxyl groups excluding tert-OH is 1. The van der Waals surface area contributed by atoms with Crippen LogP contribution in [0.5, 0.6) is 0 Å². The lowest BCUT2D eigenvalue weighted by Crippen LogP contribution is -2.01. The predicted octanol–water partition coefficient (Wildman–Crippen LogP) is 1.46. The number of rotatable bonds is 2. The van der Waals surface area contributed by atoms with Crippen LogP contribution in [0.1, 0.15) is 18.1 Å². The van der Waals surface area contributed by atoms with Gasteiger partial charge in [-0.15, -0.1) is 12.3 Å². The molecule has 0 aliphatic carbocycles. The molecule has 0 heterocycles. The molecule has 0 saturated carbocycles. The zero-order valence-corrected chi connectivity index (χ0v) is 7.00. The topological polar surface area (TPSA) is 46.2 Å². The van der Waals surface area contributed by atoms with E-state index in [-0.39, 0.29) is 6.42 Å². The summed E-state index contributed by atoms with van der Waals surface area (Å²) in [6.45, 7) is 0. The maximum atomic E-state index is 12.7. The van der Waals surface area contributed by atoms with Crippen molar-refractivity contribution in [2.75, 3.05) is 5.73 Å². The number of benzene rings is 1. The van der Waals surface area contributed by atoms with Gasteiger partial charge < -0.3 is 10.8 Å². The molecule has 13 heavy (non-hydrogen) atoms. The van der Waals surface area contributed by atoms with E-state index in [0.717, 1.165) is 0 Å². The first-order valence-electron chi connectivity index (χ1n) is 3.81. The van der Waals surface area contributed by atoms with E-state index in [1.54, 1.807) is 0 Å². The Balaban J connectivity index is 3.00. The van der Waals surface area contributed by atoms with E-state index in [1.807, 2.05) is 0 Å². The molecule has 0 amide bonds. The van der Waals surface area contributed by atoms with Gasteiger partial charge in [-0.1, -0.05) is 0 Å². The Bertz CT molecular complexity index is 343. The molecule has 0 bridgehead atoms. The quantitative estimate of drug-likeness (QED) is 0.533. The summed E-state index contributed by atoms with van der Waals surface area (Å²) in [7, 11) is 0. The maximum absolute atomic E-state index is 12.7. The molecule has 0 spiro atoms. The highest BCUT2D eigenvalue weighted by Gasteiger charge is 2.10. The van der Waals surface area contributed by atoms with Crippen LogP contribution in [-0.4, -0.2) is 5.11 Å². The molecule has 0 saturated heterocycles. The summed E-state index contributed by atoms with van der Waals surface area (Å²) in [5.74, 6) is 1.85. The van der Waals surface area contributed by atoms with Gasteiger partial charge in [0.25, 0.3) is 0 Å². The zero-order valence-electron chi connectivity index (χ0n) is 7.00. The Morgan fingerprint density at radius 1 is 1.62 bits per heavy atom. The summed E-state index contributed by atoms with van der Waals surface area (Å²) in [6.07, 6.45) is 4.25. The average Bonchev–Trinajstić information content (AvgIpc) is 2.09. The first-order chi connectivity index (χ1) is 6.15. The Morgan fingerprint density at radius 2 is 2.31 bits per heavy atom. The summed E-state index contributed by atoms with van der Waals surface area (Å²) in [5.41, 5.74) is 6.22. The molecule has 68 valence electrons. The third-order valence-corrected chi connectivity index (χ3v) is 1.72. The van der Waals surface area contributed by atoms with E-state index < -0.39 is 11.9 Å². The molecule has 1 aromatic carbocycles. The van der Waals surface area contributed by atoms with Crippen molar-refractivity contribution in [2.24, 2.45) is 0 Å². The van der Waals surface area contributed by atoms with Gasteiger partial charge in [0.15, 0.2) is 0 Å². The average molecular weight is 179 g/mol. The van der Waals surface area contributed by atoms with Crippen molar-refractivity contribution < 1.29 is 9.50 Å². The van der Waals surface area contributed by atoms with Crippen molar-refractivity contribution in [1.82, 2.24) is 0 Å². The highest BCUT2D eigenvalue weighted by Crippen LogP contribution is 2.23. The number of hydrogen-bond acceptors (Lipinski definition) is 2. The lowest BCUT2D eigenvalue weighted by molar-refractivity contribution is 0.184. The monoisotopic (exact) mass is 179 g/mol. The Morgan fingerprint density at radius 3 is 2.92 bits per heavy atom. The number of halogens is 1. The van der Waals surface area contributed by atoms with Crippen LogP contribution in [0.3, 0.4) is 0 Å². The second kappa shape index (κ2) is 3.92. The minimum absolute atomic E-state index is 0.133. The molecule has 0 aliphatic heterocycles. The number of nitrogen functional groups attached to an aromatic ring is 1. The van der Waals surface area contributed by atoms with E-state index >= 15 is 0 Å². The number of aliphatic hydroxyl groups is 1. The van der Waals surface area contributed by atoms with Gasteiger partial charge in [0.2, 0.25) is 0 Å². The number of terminal acetylenes is 1. The van der Waals surface area contributed by atoms with Crippen LogP contribution < -0.4 is 5.73 Å². The number of anilines is 1. The molecule has 3 N–H and O–H groups in total. The molecular formula is C10H10FNO. The Labute approximate surface area is 76.2 Å². The van der Waals surface area contributed by atoms with Crippen LogP contribution in [0.25, 0.3) is 0 Å². The van der Waals surface area contributed by atoms with Crippen molar-refractivity contribution in [2.45, 2.75) is 12.5 Å². The van der Waals surface area contributed by atoms with E-state index in [0.29, 0.717) is 11.3 Å². The molecule has 1 aromatic rings. The van der Waals surface area contributed by atoms with E-state index in [2.05, 4.69) is 5.92 Å². The highest BCUT2D eigenvalue weighted by molar-refractivity contribution is 5.48. The van der Waals surface area contributed by atoms with Gasteiger partial charge in [-0.05, 0) is 18.2 Å². The largest absolute Gasteiger partial charge is 0.398 e. The summed E-state index contributed by atoms with van der Waals surface area (Å²) >= 11 is 0. The molecule has 0 aromatic heterocycles. The molecule has 1 atom stereocenters. The smallest absolute Gasteiger partial charge is 0.123 e. The number of hydrogen-bond donors (Lipinski definition) is 2. The van der Waals surface area contributed by atoms with E-state index in [4.69, 9.17) is 12.2 Å². The van der Waals surface area contributed by atoms with E-state index in [9.17, 15) is 9.50 Å². The highest BCUT2D eigenvalue weighted by atomic mass is 19.1. The minimum atomic E-state index is -0.888. The predicted molar refractivity (Wildman–Crippen MR) is 49.2 cm³/mol. The fraction of sp³-hybridized carbons (Fsp3) is 0.200. The fourth-order valence-corrected chi connectivity index (χ4v) is 1.06. The van der Waals surface area contributed by atoms with Gasteiger partial charge in [0.1, 0.15) is 5.82 Å². The Kier molecular flexibility index (Phi) is 2.88. The molecule has 0 fully saturated rings. The molecule has 1 rings (SSSR count). The summed E-state index contributed by atoms with van der Waals surface area (Å²) in [6, 6.07) is 3.84. The van der Waals surface area contributed by atoms with Crippen molar-refractivity contribution in [3.05, 3.63) is 29.6 Å². The molecule has 0 aliphatic rings. The summed E-state index contributed by atoms with van der Waals surface area (Å²) in [4.78, 5) is 0. The van der Waals surface area contributed by atoms with Crippen LogP contribution in [0.15, 0.2) is 18.2 Å². The first-order valence-corrected chi connectivity index (χ1v) is 3.81. The third-order valence-electron chi connectivity index (χ3n) is 1.72. The van der Waals surface area contributed by atoms with Crippen molar-refractivity contribution in [3.63, 3.8) is 0 Å². The van der Waals surface area contributed by atoms with Gasteiger partial charge in [-0.2, -0.15) is 0 Å². The molecule has 3 heteroatoms.